The Hall–Kier alpha value is -1.47. The van der Waals surface area contributed by atoms with Crippen molar-refractivity contribution in [1.29, 1.82) is 0 Å². The van der Waals surface area contributed by atoms with Gasteiger partial charge in [-0.2, -0.15) is 0 Å². The lowest BCUT2D eigenvalue weighted by atomic mass is 9.96. The molecule has 1 amide bonds. The molecule has 0 saturated carbocycles. The fourth-order valence-corrected chi connectivity index (χ4v) is 12.8. The van der Waals surface area contributed by atoms with E-state index in [2.05, 4.69) is 31.3 Å². The molecule has 3 rings (SSSR count). The van der Waals surface area contributed by atoms with Crippen LogP contribution in [-0.2, 0) is 33.2 Å². The molecule has 19 heteroatoms. The normalized spacial score (nSPS) is 28.0. The number of rotatable bonds is 58. The van der Waals surface area contributed by atoms with E-state index >= 15 is 0 Å². The maximum Gasteiger partial charge on any atom is 0.220 e. The fourth-order valence-electron chi connectivity index (χ4n) is 12.8. The number of nitrogens with one attached hydrogen (secondary N) is 1. The predicted molar refractivity (Wildman–Crippen MR) is 351 cm³/mol. The molecule has 0 aromatic heterocycles. The summed E-state index contributed by atoms with van der Waals surface area (Å²) in [6.45, 7) is 1.83. The minimum atomic E-state index is -1.97. The molecule has 19 nitrogen and oxygen atoms in total. The third-order valence-corrected chi connectivity index (χ3v) is 18.8. The maximum atomic E-state index is 13.4. The van der Waals surface area contributed by atoms with E-state index in [0.717, 1.165) is 44.9 Å². The summed E-state index contributed by atoms with van der Waals surface area (Å²) < 4.78 is 34.4. The van der Waals surface area contributed by atoms with E-state index in [1.165, 1.54) is 225 Å². The zero-order chi connectivity index (χ0) is 65.4. The van der Waals surface area contributed by atoms with Gasteiger partial charge in [0.2, 0.25) is 5.91 Å². The monoisotopic (exact) mass is 1290 g/mol. The summed E-state index contributed by atoms with van der Waals surface area (Å²) in [4.78, 5) is 13.4. The zero-order valence-electron chi connectivity index (χ0n) is 56.4. The minimum Gasteiger partial charge on any atom is -0.394 e. The summed E-state index contributed by atoms with van der Waals surface area (Å²) >= 11 is 0. The van der Waals surface area contributed by atoms with Crippen molar-refractivity contribution >= 4 is 5.91 Å². The smallest absolute Gasteiger partial charge is 0.220 e. The summed E-state index contributed by atoms with van der Waals surface area (Å²) in [6.07, 6.45) is 33.1. The molecule has 17 atom stereocenters. The molecule has 3 aliphatic heterocycles. The average molecular weight is 1290 g/mol. The van der Waals surface area contributed by atoms with Crippen LogP contribution in [0, 0.1) is 0 Å². The lowest BCUT2D eigenvalue weighted by molar-refractivity contribution is -0.379. The van der Waals surface area contributed by atoms with Crippen molar-refractivity contribution in [1.82, 2.24) is 5.32 Å². The van der Waals surface area contributed by atoms with E-state index in [0.29, 0.717) is 12.8 Å². The third kappa shape index (κ3) is 35.0. The maximum absolute atomic E-state index is 13.4. The first-order valence-corrected chi connectivity index (χ1v) is 36.9. The van der Waals surface area contributed by atoms with Gasteiger partial charge in [0, 0.05) is 6.42 Å². The first-order chi connectivity index (χ1) is 43.8. The summed E-state index contributed by atoms with van der Waals surface area (Å²) in [5, 5.41) is 121. The molecule has 0 bridgehead atoms. The van der Waals surface area contributed by atoms with E-state index in [9.17, 15) is 61.0 Å². The Labute approximate surface area is 544 Å². The van der Waals surface area contributed by atoms with Gasteiger partial charge < -0.3 is 89.9 Å². The number of aliphatic hydroxyl groups excluding tert-OH is 11. The van der Waals surface area contributed by atoms with E-state index in [4.69, 9.17) is 28.4 Å². The molecule has 0 radical (unpaired) electrons. The van der Waals surface area contributed by atoms with Crippen LogP contribution >= 0.6 is 0 Å². The van der Waals surface area contributed by atoms with Crippen LogP contribution in [0.2, 0.25) is 0 Å². The summed E-state index contributed by atoms with van der Waals surface area (Å²) in [5.41, 5.74) is 0. The second kappa shape index (κ2) is 53.6. The SMILES string of the molecule is CCCCCCCCCC/C=C\CCCCCCCCCCCCCCCCCCCCCC(=O)NC(COC1OC(CO)C(OC2OC(CO)C(OC3OC(CO)C(O)C(O)C3O)C(O)C2O)C(O)C1O)C(O)CCCCCCCCCCCCCCCC. The van der Waals surface area contributed by atoms with E-state index in [-0.39, 0.29) is 18.9 Å². The number of hydrogen-bond donors (Lipinski definition) is 12. The van der Waals surface area contributed by atoms with Crippen LogP contribution in [0.25, 0.3) is 0 Å². The lowest BCUT2D eigenvalue weighted by Crippen LogP contribution is -2.66. The minimum absolute atomic E-state index is 0.237. The average Bonchev–Trinajstić information content (AvgIpc) is 0.908. The number of unbranched alkanes of at least 4 members (excludes halogenated alkanes) is 40. The van der Waals surface area contributed by atoms with Gasteiger partial charge in [0.25, 0.3) is 0 Å². The van der Waals surface area contributed by atoms with E-state index < -0.39 is 124 Å². The van der Waals surface area contributed by atoms with Crippen LogP contribution in [0.5, 0.6) is 0 Å². The highest BCUT2D eigenvalue weighted by Gasteiger charge is 2.53. The van der Waals surface area contributed by atoms with Crippen molar-refractivity contribution in [3.8, 4) is 0 Å². The lowest BCUT2D eigenvalue weighted by Gasteiger charge is -2.48. The Bertz CT molecular complexity index is 1680. The van der Waals surface area contributed by atoms with Gasteiger partial charge in [-0.15, -0.1) is 0 Å². The Kier molecular flexibility index (Phi) is 49.3. The van der Waals surface area contributed by atoms with Crippen LogP contribution < -0.4 is 5.32 Å². The molecule has 3 heterocycles. The highest BCUT2D eigenvalue weighted by atomic mass is 16.8. The van der Waals surface area contributed by atoms with Gasteiger partial charge in [-0.25, -0.2) is 0 Å². The summed E-state index contributed by atoms with van der Waals surface area (Å²) in [5.74, 6) is -0.237. The van der Waals surface area contributed by atoms with Crippen molar-refractivity contribution in [3.05, 3.63) is 12.2 Å². The number of amides is 1. The standard InChI is InChI=1S/C71H135NO18/c1-3-5-7-9-11-13-15-17-19-20-21-22-23-24-25-26-27-28-29-30-31-32-33-34-35-37-39-41-43-45-47-49-59(77)72-54(55(76)48-46-44-42-40-38-36-18-16-14-12-10-8-6-4-2)53-85-69-65(83)62(80)67(57(51-74)87-69)90-71-66(84)63(81)68(58(52-75)88-71)89-70-64(82)61(79)60(78)56(50-73)86-70/h20-21,54-58,60-71,73-76,78-84H,3-19,22-53H2,1-2H3,(H,72,77)/b21-20-. The third-order valence-electron chi connectivity index (χ3n) is 18.8. The van der Waals surface area contributed by atoms with Crippen molar-refractivity contribution in [2.75, 3.05) is 26.4 Å². The van der Waals surface area contributed by atoms with E-state index in [1.54, 1.807) is 0 Å². The van der Waals surface area contributed by atoms with Crippen LogP contribution in [0.3, 0.4) is 0 Å². The second-order valence-corrected chi connectivity index (χ2v) is 26.8. The van der Waals surface area contributed by atoms with Gasteiger partial charge in [0.15, 0.2) is 18.9 Å². The number of carbonyl (C=O) groups excluding carboxylic acids is 1. The van der Waals surface area contributed by atoms with Crippen molar-refractivity contribution < 1.29 is 89.4 Å². The molecule has 17 unspecified atom stereocenters. The molecule has 3 aliphatic rings. The molecule has 0 spiro atoms. The fraction of sp³-hybridized carbons (Fsp3) is 0.958. The number of aliphatic hydroxyl groups is 11. The Morgan fingerprint density at radius 2 is 0.700 bits per heavy atom. The van der Waals surface area contributed by atoms with Gasteiger partial charge >= 0.3 is 0 Å². The second-order valence-electron chi connectivity index (χ2n) is 26.8. The van der Waals surface area contributed by atoms with Crippen molar-refractivity contribution in [3.63, 3.8) is 0 Å². The molecule has 0 aromatic carbocycles. The van der Waals surface area contributed by atoms with Crippen LogP contribution in [0.1, 0.15) is 303 Å². The number of allylic oxidation sites excluding steroid dienone is 2. The van der Waals surface area contributed by atoms with Gasteiger partial charge in [-0.05, 0) is 38.5 Å². The highest BCUT2D eigenvalue weighted by molar-refractivity contribution is 5.76. The Morgan fingerprint density at radius 3 is 1.08 bits per heavy atom. The molecule has 0 aliphatic carbocycles. The van der Waals surface area contributed by atoms with Crippen LogP contribution in [-0.4, -0.2) is 193 Å². The summed E-state index contributed by atoms with van der Waals surface area (Å²) in [6, 6.07) is -0.883. The largest absolute Gasteiger partial charge is 0.394 e. The number of hydrogen-bond acceptors (Lipinski definition) is 18. The van der Waals surface area contributed by atoms with Gasteiger partial charge in [0.05, 0.1) is 38.6 Å². The van der Waals surface area contributed by atoms with Gasteiger partial charge in [-0.3, -0.25) is 4.79 Å². The zero-order valence-corrected chi connectivity index (χ0v) is 56.4. The predicted octanol–water partition coefficient (Wildman–Crippen LogP) is 10.4. The van der Waals surface area contributed by atoms with Gasteiger partial charge in [0.1, 0.15) is 73.2 Å². The highest BCUT2D eigenvalue weighted by Crippen LogP contribution is 2.33. The Morgan fingerprint density at radius 1 is 0.389 bits per heavy atom. The first kappa shape index (κ1) is 82.8. The quantitative estimate of drug-likeness (QED) is 0.0199. The van der Waals surface area contributed by atoms with E-state index in [1.807, 2.05) is 0 Å². The molecular weight excluding hydrogens is 1150 g/mol. The van der Waals surface area contributed by atoms with Gasteiger partial charge in [-0.1, -0.05) is 270 Å². The van der Waals surface area contributed by atoms with Crippen molar-refractivity contribution in [2.45, 2.75) is 407 Å². The number of carbonyl (C=O) groups is 1. The molecular formula is C71H135NO18. The molecule has 0 aromatic rings. The topological polar surface area (TPSA) is 307 Å². The molecule has 3 fully saturated rings. The Balaban J connectivity index is 1.35. The number of ether oxygens (including phenoxy) is 6. The molecule has 90 heavy (non-hydrogen) atoms. The summed E-state index contributed by atoms with van der Waals surface area (Å²) in [7, 11) is 0. The molecule has 12 N–H and O–H groups in total. The van der Waals surface area contributed by atoms with Crippen molar-refractivity contribution in [2.24, 2.45) is 0 Å². The molecule has 532 valence electrons. The van der Waals surface area contributed by atoms with Crippen LogP contribution in [0.4, 0.5) is 0 Å². The molecule has 3 saturated heterocycles. The first-order valence-electron chi connectivity index (χ1n) is 36.9. The van der Waals surface area contributed by atoms with Crippen LogP contribution in [0.15, 0.2) is 12.2 Å².